The third-order valence-electron chi connectivity index (χ3n) is 4.94. The molecule has 0 bridgehead atoms. The van der Waals surface area contributed by atoms with Crippen LogP contribution >= 0.6 is 0 Å². The smallest absolute Gasteiger partial charge is 0.251 e. The van der Waals surface area contributed by atoms with Gasteiger partial charge in [-0.15, -0.1) is 0 Å². The lowest BCUT2D eigenvalue weighted by Gasteiger charge is -2.20. The van der Waals surface area contributed by atoms with Gasteiger partial charge in [-0.3, -0.25) is 14.4 Å². The predicted octanol–water partition coefficient (Wildman–Crippen LogP) is 3.31. The summed E-state index contributed by atoms with van der Waals surface area (Å²) >= 11 is 0. The van der Waals surface area contributed by atoms with Crippen LogP contribution in [-0.4, -0.2) is 36.3 Å². The number of carbonyl (C=O) groups excluding carboxylic acids is 3. The highest BCUT2D eigenvalue weighted by Crippen LogP contribution is 2.27. The number of rotatable bonds is 6. The van der Waals surface area contributed by atoms with E-state index in [2.05, 4.69) is 16.7 Å². The van der Waals surface area contributed by atoms with Crippen LogP contribution in [0.1, 0.15) is 59.9 Å². The molecule has 1 aliphatic heterocycles. The maximum absolute atomic E-state index is 12.5. The van der Waals surface area contributed by atoms with Crippen molar-refractivity contribution in [2.75, 3.05) is 18.0 Å². The van der Waals surface area contributed by atoms with Gasteiger partial charge in [-0.05, 0) is 69.5 Å². The van der Waals surface area contributed by atoms with Crippen LogP contribution in [-0.2, 0) is 11.2 Å². The number of benzene rings is 2. The monoisotopic (exact) mass is 407 g/mol. The SMILES string of the molecule is CC(C)(C)NC(=O)c1ccc(C(=O)NCCCC(=O)N2CCc3ccccc32)cc1. The Labute approximate surface area is 177 Å². The molecule has 0 fully saturated rings. The molecule has 3 rings (SSSR count). The summed E-state index contributed by atoms with van der Waals surface area (Å²) in [5, 5.41) is 5.73. The van der Waals surface area contributed by atoms with Crippen molar-refractivity contribution in [3.05, 3.63) is 65.2 Å². The number of hydrogen-bond donors (Lipinski definition) is 2. The average molecular weight is 408 g/mol. The van der Waals surface area contributed by atoms with Gasteiger partial charge in [-0.1, -0.05) is 18.2 Å². The van der Waals surface area contributed by atoms with Crippen LogP contribution in [0.15, 0.2) is 48.5 Å². The van der Waals surface area contributed by atoms with Crippen molar-refractivity contribution in [2.24, 2.45) is 0 Å². The van der Waals surface area contributed by atoms with Crippen molar-refractivity contribution < 1.29 is 14.4 Å². The van der Waals surface area contributed by atoms with Crippen molar-refractivity contribution >= 4 is 23.4 Å². The molecular formula is C24H29N3O3. The normalized spacial score (nSPS) is 13.0. The molecule has 0 unspecified atom stereocenters. The van der Waals surface area contributed by atoms with E-state index in [0.717, 1.165) is 18.7 Å². The molecule has 2 aromatic rings. The minimum atomic E-state index is -0.318. The van der Waals surface area contributed by atoms with Gasteiger partial charge in [0.2, 0.25) is 5.91 Å². The van der Waals surface area contributed by atoms with Gasteiger partial charge in [0, 0.05) is 41.9 Å². The third-order valence-corrected chi connectivity index (χ3v) is 4.94. The fourth-order valence-corrected chi connectivity index (χ4v) is 3.46. The lowest BCUT2D eigenvalue weighted by Crippen LogP contribution is -2.40. The minimum Gasteiger partial charge on any atom is -0.352 e. The molecule has 1 heterocycles. The Bertz CT molecular complexity index is 929. The summed E-state index contributed by atoms with van der Waals surface area (Å²) in [5.74, 6) is -0.295. The van der Waals surface area contributed by atoms with Crippen LogP contribution in [0, 0.1) is 0 Å². The van der Waals surface area contributed by atoms with E-state index in [1.54, 1.807) is 24.3 Å². The zero-order chi connectivity index (χ0) is 21.7. The first-order chi connectivity index (χ1) is 14.2. The Balaban J connectivity index is 1.44. The van der Waals surface area contributed by atoms with Crippen molar-refractivity contribution in [3.63, 3.8) is 0 Å². The van der Waals surface area contributed by atoms with Gasteiger partial charge in [0.25, 0.3) is 11.8 Å². The summed E-state index contributed by atoms with van der Waals surface area (Å²) in [4.78, 5) is 38.8. The first kappa shape index (κ1) is 21.6. The molecule has 2 aromatic carbocycles. The molecule has 30 heavy (non-hydrogen) atoms. The molecule has 6 nitrogen and oxygen atoms in total. The molecule has 0 aromatic heterocycles. The van der Waals surface area contributed by atoms with Crippen molar-refractivity contribution in [2.45, 2.75) is 45.6 Å². The van der Waals surface area contributed by atoms with Gasteiger partial charge in [-0.25, -0.2) is 0 Å². The molecule has 2 N–H and O–H groups in total. The zero-order valence-electron chi connectivity index (χ0n) is 17.8. The fourth-order valence-electron chi connectivity index (χ4n) is 3.46. The molecule has 1 aliphatic rings. The Morgan fingerprint density at radius 3 is 2.23 bits per heavy atom. The number of nitrogens with zero attached hydrogens (tertiary/aromatic N) is 1. The summed E-state index contributed by atoms with van der Waals surface area (Å²) in [7, 11) is 0. The van der Waals surface area contributed by atoms with Crippen LogP contribution in [0.25, 0.3) is 0 Å². The number of carbonyl (C=O) groups is 3. The van der Waals surface area contributed by atoms with Crippen molar-refractivity contribution in [1.29, 1.82) is 0 Å². The van der Waals surface area contributed by atoms with Gasteiger partial charge < -0.3 is 15.5 Å². The van der Waals surface area contributed by atoms with Crippen molar-refractivity contribution in [1.82, 2.24) is 10.6 Å². The number of hydrogen-bond acceptors (Lipinski definition) is 3. The zero-order valence-corrected chi connectivity index (χ0v) is 17.8. The number of nitrogens with one attached hydrogen (secondary N) is 2. The Kier molecular flexibility index (Phi) is 6.55. The molecule has 0 saturated carbocycles. The molecule has 158 valence electrons. The van der Waals surface area contributed by atoms with Crippen LogP contribution in [0.2, 0.25) is 0 Å². The van der Waals surface area contributed by atoms with Gasteiger partial charge in [0.05, 0.1) is 0 Å². The van der Waals surface area contributed by atoms with E-state index in [0.29, 0.717) is 30.5 Å². The summed E-state index contributed by atoms with van der Waals surface area (Å²) in [6.07, 6.45) is 1.86. The van der Waals surface area contributed by atoms with E-state index in [1.165, 1.54) is 5.56 Å². The van der Waals surface area contributed by atoms with E-state index in [4.69, 9.17) is 0 Å². The van der Waals surface area contributed by atoms with E-state index in [-0.39, 0.29) is 23.3 Å². The van der Waals surface area contributed by atoms with Crippen LogP contribution in [0.5, 0.6) is 0 Å². The standard InChI is InChI=1S/C24H29N3O3/c1-24(2,3)26-23(30)19-12-10-18(11-13-19)22(29)25-15-6-9-21(28)27-16-14-17-7-4-5-8-20(17)27/h4-5,7-8,10-13H,6,9,14-16H2,1-3H3,(H,25,29)(H,26,30). The lowest BCUT2D eigenvalue weighted by molar-refractivity contribution is -0.118. The number of fused-ring (bicyclic) bond motifs is 1. The molecule has 0 aliphatic carbocycles. The second-order valence-electron chi connectivity index (χ2n) is 8.57. The van der Waals surface area contributed by atoms with Crippen molar-refractivity contribution in [3.8, 4) is 0 Å². The van der Waals surface area contributed by atoms with Crippen LogP contribution in [0.3, 0.4) is 0 Å². The minimum absolute atomic E-state index is 0.0865. The summed E-state index contributed by atoms with van der Waals surface area (Å²) in [6, 6.07) is 14.5. The Morgan fingerprint density at radius 1 is 0.933 bits per heavy atom. The maximum Gasteiger partial charge on any atom is 0.251 e. The van der Waals surface area contributed by atoms with E-state index in [9.17, 15) is 14.4 Å². The molecule has 0 saturated heterocycles. The predicted molar refractivity (Wildman–Crippen MR) is 118 cm³/mol. The highest BCUT2D eigenvalue weighted by atomic mass is 16.2. The molecule has 6 heteroatoms. The van der Waals surface area contributed by atoms with Gasteiger partial charge in [0.1, 0.15) is 0 Å². The van der Waals surface area contributed by atoms with E-state index in [1.807, 2.05) is 43.9 Å². The number of para-hydroxylation sites is 1. The second kappa shape index (κ2) is 9.11. The van der Waals surface area contributed by atoms with E-state index >= 15 is 0 Å². The first-order valence-corrected chi connectivity index (χ1v) is 10.3. The van der Waals surface area contributed by atoms with E-state index < -0.39 is 0 Å². The quantitative estimate of drug-likeness (QED) is 0.721. The number of amides is 3. The summed E-state index contributed by atoms with van der Waals surface area (Å²) < 4.78 is 0. The van der Waals surface area contributed by atoms with Crippen LogP contribution < -0.4 is 15.5 Å². The highest BCUT2D eigenvalue weighted by Gasteiger charge is 2.23. The molecule has 3 amide bonds. The molecular weight excluding hydrogens is 378 g/mol. The molecule has 0 radical (unpaired) electrons. The van der Waals surface area contributed by atoms with Gasteiger partial charge in [-0.2, -0.15) is 0 Å². The van der Waals surface area contributed by atoms with Crippen LogP contribution in [0.4, 0.5) is 5.69 Å². The largest absolute Gasteiger partial charge is 0.352 e. The van der Waals surface area contributed by atoms with Gasteiger partial charge >= 0.3 is 0 Å². The topological polar surface area (TPSA) is 78.5 Å². The fraction of sp³-hybridized carbons (Fsp3) is 0.375. The lowest BCUT2D eigenvalue weighted by atomic mass is 10.1. The molecule has 0 spiro atoms. The molecule has 0 atom stereocenters. The Morgan fingerprint density at radius 2 is 1.57 bits per heavy atom. The Hall–Kier alpha value is -3.15. The highest BCUT2D eigenvalue weighted by molar-refractivity contribution is 5.98. The third kappa shape index (κ3) is 5.47. The number of anilines is 1. The summed E-state index contributed by atoms with van der Waals surface area (Å²) in [5.41, 5.74) is 2.89. The second-order valence-corrected chi connectivity index (χ2v) is 8.57. The first-order valence-electron chi connectivity index (χ1n) is 10.3. The maximum atomic E-state index is 12.5. The van der Waals surface area contributed by atoms with Gasteiger partial charge in [0.15, 0.2) is 0 Å². The average Bonchev–Trinajstić information content (AvgIpc) is 3.14. The summed E-state index contributed by atoms with van der Waals surface area (Å²) in [6.45, 7) is 6.89.